The van der Waals surface area contributed by atoms with Gasteiger partial charge in [-0.15, -0.1) is 0 Å². The summed E-state index contributed by atoms with van der Waals surface area (Å²) >= 11 is 1.38. The number of hydrogen-bond acceptors (Lipinski definition) is 5. The summed E-state index contributed by atoms with van der Waals surface area (Å²) in [5.41, 5.74) is 1.87. The number of carbonyl (C=O) groups excluding carboxylic acids is 2. The largest absolute Gasteiger partial charge is 0.315 e. The zero-order valence-corrected chi connectivity index (χ0v) is 14.9. The van der Waals surface area contributed by atoms with Crippen LogP contribution in [-0.4, -0.2) is 26.1 Å². The second-order valence-corrected chi connectivity index (χ2v) is 7.37. The maximum absolute atomic E-state index is 12.8. The smallest absolute Gasteiger partial charge is 0.197 e. The standard InChI is InChI=1S/C20H13N3O2S/c1-10-21-20-19(23(10)2)22-16(26-20)9-15-17(24)13-7-11-5-3-4-6-12(11)8-14(13)18(15)25/h3-9H,1-2H3. The highest BCUT2D eigenvalue weighted by molar-refractivity contribution is 7.18. The number of ketones is 2. The van der Waals surface area contributed by atoms with Crippen molar-refractivity contribution < 1.29 is 9.59 Å². The Hall–Kier alpha value is -3.12. The molecule has 5 nitrogen and oxygen atoms in total. The van der Waals surface area contributed by atoms with Crippen molar-refractivity contribution in [3.63, 3.8) is 0 Å². The molecule has 0 fully saturated rings. The van der Waals surface area contributed by atoms with Gasteiger partial charge in [-0.3, -0.25) is 9.59 Å². The summed E-state index contributed by atoms with van der Waals surface area (Å²) in [5, 5.41) is 2.52. The second kappa shape index (κ2) is 5.19. The molecule has 0 spiro atoms. The van der Waals surface area contributed by atoms with Crippen molar-refractivity contribution in [3.05, 3.63) is 63.9 Å². The SMILES string of the molecule is Cc1nc2sc(C=C3C(=O)c4cc5ccccc5cc4C3=O)nc2n1C. The molecular formula is C20H13N3O2S. The lowest BCUT2D eigenvalue weighted by molar-refractivity contribution is 0.0990. The summed E-state index contributed by atoms with van der Waals surface area (Å²) in [4.78, 5) is 35.4. The predicted molar refractivity (Wildman–Crippen MR) is 102 cm³/mol. The summed E-state index contributed by atoms with van der Waals surface area (Å²) in [6, 6.07) is 11.3. The maximum Gasteiger partial charge on any atom is 0.197 e. The number of Topliss-reactive ketones (excluding diaryl/α,β-unsaturated/α-hetero) is 2. The van der Waals surface area contributed by atoms with E-state index in [2.05, 4.69) is 9.97 Å². The fraction of sp³-hybridized carbons (Fsp3) is 0.100. The fourth-order valence-electron chi connectivity index (χ4n) is 3.31. The Balaban J connectivity index is 1.64. The molecule has 0 atom stereocenters. The van der Waals surface area contributed by atoms with E-state index in [1.165, 1.54) is 11.3 Å². The van der Waals surface area contributed by atoms with Crippen LogP contribution >= 0.6 is 11.3 Å². The molecule has 2 heterocycles. The molecule has 1 aliphatic rings. The van der Waals surface area contributed by atoms with Gasteiger partial charge in [0.15, 0.2) is 22.0 Å². The molecular weight excluding hydrogens is 346 g/mol. The minimum Gasteiger partial charge on any atom is -0.315 e. The molecule has 4 aromatic rings. The summed E-state index contributed by atoms with van der Waals surface area (Å²) in [6.07, 6.45) is 1.59. The molecule has 0 N–H and O–H groups in total. The van der Waals surface area contributed by atoms with Crippen LogP contribution in [-0.2, 0) is 7.05 Å². The Morgan fingerprint density at radius 1 is 1.00 bits per heavy atom. The zero-order chi connectivity index (χ0) is 18.0. The van der Waals surface area contributed by atoms with Gasteiger partial charge in [0.05, 0.1) is 5.57 Å². The first kappa shape index (κ1) is 15.2. The van der Waals surface area contributed by atoms with Crippen LogP contribution in [0, 0.1) is 6.92 Å². The molecule has 0 unspecified atom stereocenters. The molecule has 0 saturated heterocycles. The Labute approximate surface area is 152 Å². The van der Waals surface area contributed by atoms with Gasteiger partial charge in [-0.1, -0.05) is 35.6 Å². The minimum atomic E-state index is -0.237. The minimum absolute atomic E-state index is 0.172. The van der Waals surface area contributed by atoms with Crippen LogP contribution in [0.2, 0.25) is 0 Å². The molecule has 5 rings (SSSR count). The van der Waals surface area contributed by atoms with Crippen LogP contribution in [0.5, 0.6) is 0 Å². The van der Waals surface area contributed by atoms with Crippen molar-refractivity contribution in [3.8, 4) is 0 Å². The zero-order valence-electron chi connectivity index (χ0n) is 14.1. The molecule has 2 aromatic carbocycles. The normalized spacial score (nSPS) is 13.8. The van der Waals surface area contributed by atoms with E-state index in [1.807, 2.05) is 42.8 Å². The Bertz CT molecular complexity index is 1240. The van der Waals surface area contributed by atoms with Gasteiger partial charge in [0.2, 0.25) is 0 Å². The molecule has 2 aromatic heterocycles. The predicted octanol–water partition coefficient (Wildman–Crippen LogP) is 3.95. The molecule has 0 amide bonds. The van der Waals surface area contributed by atoms with Gasteiger partial charge in [0, 0.05) is 18.2 Å². The van der Waals surface area contributed by atoms with Crippen LogP contribution in [0.15, 0.2) is 42.0 Å². The maximum atomic E-state index is 12.8. The number of hydrogen-bond donors (Lipinski definition) is 0. The summed E-state index contributed by atoms with van der Waals surface area (Å²) in [6.45, 7) is 1.91. The Kier molecular flexibility index (Phi) is 3.02. The lowest BCUT2D eigenvalue weighted by Crippen LogP contribution is -2.00. The van der Waals surface area contributed by atoms with Crippen molar-refractivity contribution in [1.82, 2.24) is 14.5 Å². The first-order valence-corrected chi connectivity index (χ1v) is 8.98. The van der Waals surface area contributed by atoms with Gasteiger partial charge >= 0.3 is 0 Å². The van der Waals surface area contributed by atoms with Gasteiger partial charge < -0.3 is 4.57 Å². The molecule has 0 bridgehead atoms. The third-order valence-corrected chi connectivity index (χ3v) is 5.69. The van der Waals surface area contributed by atoms with Gasteiger partial charge in [-0.05, 0) is 35.9 Å². The highest BCUT2D eigenvalue weighted by Crippen LogP contribution is 2.32. The quantitative estimate of drug-likeness (QED) is 0.381. The molecule has 0 saturated carbocycles. The molecule has 0 radical (unpaired) electrons. The molecule has 26 heavy (non-hydrogen) atoms. The van der Waals surface area contributed by atoms with E-state index >= 15 is 0 Å². The van der Waals surface area contributed by atoms with E-state index in [-0.39, 0.29) is 17.1 Å². The number of aryl methyl sites for hydroxylation is 2. The first-order valence-electron chi connectivity index (χ1n) is 8.16. The molecule has 0 aliphatic heterocycles. The number of nitrogens with zero attached hydrogens (tertiary/aromatic N) is 3. The number of imidazole rings is 1. The van der Waals surface area contributed by atoms with Crippen LogP contribution in [0.4, 0.5) is 0 Å². The lowest BCUT2D eigenvalue weighted by Gasteiger charge is -2.00. The van der Waals surface area contributed by atoms with E-state index in [9.17, 15) is 9.59 Å². The average molecular weight is 359 g/mol. The lowest BCUT2D eigenvalue weighted by atomic mass is 10.0. The number of allylic oxidation sites excluding steroid dienone is 1. The Morgan fingerprint density at radius 3 is 2.19 bits per heavy atom. The summed E-state index contributed by atoms with van der Waals surface area (Å²) < 4.78 is 1.90. The van der Waals surface area contributed by atoms with E-state index in [4.69, 9.17) is 0 Å². The highest BCUT2D eigenvalue weighted by atomic mass is 32.1. The van der Waals surface area contributed by atoms with Gasteiger partial charge in [-0.2, -0.15) is 0 Å². The van der Waals surface area contributed by atoms with E-state index < -0.39 is 0 Å². The van der Waals surface area contributed by atoms with E-state index in [0.29, 0.717) is 16.1 Å². The number of aromatic nitrogens is 3. The van der Waals surface area contributed by atoms with Crippen molar-refractivity contribution in [2.24, 2.45) is 7.05 Å². The molecule has 126 valence electrons. The van der Waals surface area contributed by atoms with E-state index in [1.54, 1.807) is 18.2 Å². The fourth-order valence-corrected chi connectivity index (χ4v) is 4.27. The average Bonchev–Trinajstić information content (AvgIpc) is 3.22. The summed E-state index contributed by atoms with van der Waals surface area (Å²) in [7, 11) is 1.90. The van der Waals surface area contributed by atoms with Crippen molar-refractivity contribution in [2.75, 3.05) is 0 Å². The van der Waals surface area contributed by atoms with Crippen LogP contribution < -0.4 is 0 Å². The van der Waals surface area contributed by atoms with Gasteiger partial charge in [0.1, 0.15) is 10.8 Å². The second-order valence-electron chi connectivity index (χ2n) is 6.36. The highest BCUT2D eigenvalue weighted by Gasteiger charge is 2.33. The Morgan fingerprint density at radius 2 is 1.62 bits per heavy atom. The number of thiazole rings is 1. The molecule has 1 aliphatic carbocycles. The van der Waals surface area contributed by atoms with E-state index in [0.717, 1.165) is 27.1 Å². The number of benzene rings is 2. The van der Waals surface area contributed by atoms with Gasteiger partial charge in [-0.25, -0.2) is 9.97 Å². The summed E-state index contributed by atoms with van der Waals surface area (Å²) in [5.74, 6) is 0.406. The van der Waals surface area contributed by atoms with Crippen LogP contribution in [0.1, 0.15) is 31.5 Å². The van der Waals surface area contributed by atoms with Crippen LogP contribution in [0.25, 0.3) is 27.3 Å². The van der Waals surface area contributed by atoms with Crippen molar-refractivity contribution >= 4 is 50.2 Å². The third kappa shape index (κ3) is 2.02. The van der Waals surface area contributed by atoms with Crippen molar-refractivity contribution in [1.29, 1.82) is 0 Å². The van der Waals surface area contributed by atoms with Crippen LogP contribution in [0.3, 0.4) is 0 Å². The van der Waals surface area contributed by atoms with Crippen molar-refractivity contribution in [2.45, 2.75) is 6.92 Å². The first-order chi connectivity index (χ1) is 12.5. The number of fused-ring (bicyclic) bond motifs is 3. The van der Waals surface area contributed by atoms with Gasteiger partial charge in [0.25, 0.3) is 0 Å². The number of rotatable bonds is 1. The topological polar surface area (TPSA) is 64.8 Å². The molecule has 6 heteroatoms. The monoisotopic (exact) mass is 359 g/mol. The third-order valence-electron chi connectivity index (χ3n) is 4.81. The number of carbonyl (C=O) groups is 2.